The summed E-state index contributed by atoms with van der Waals surface area (Å²) in [7, 11) is 1.62. The van der Waals surface area contributed by atoms with E-state index in [4.69, 9.17) is 9.15 Å². The monoisotopic (exact) mass is 463 g/mol. The smallest absolute Gasteiger partial charge is 0.322 e. The Bertz CT molecular complexity index is 1050. The molecule has 0 aliphatic rings. The lowest BCUT2D eigenvalue weighted by Crippen LogP contribution is -2.44. The first-order valence-electron chi connectivity index (χ1n) is 11.4. The number of furan rings is 1. The average Bonchev–Trinajstić information content (AvgIpc) is 3.34. The summed E-state index contributed by atoms with van der Waals surface area (Å²) in [5.41, 5.74) is 3.95. The van der Waals surface area contributed by atoms with Crippen molar-refractivity contribution in [1.82, 2.24) is 9.80 Å². The van der Waals surface area contributed by atoms with Crippen molar-refractivity contribution in [3.05, 3.63) is 89.4 Å². The minimum atomic E-state index is -0.314. The number of methoxy groups -OCH3 is 1. The Hall–Kier alpha value is -3.58. The first kappa shape index (κ1) is 25.1. The Balaban J connectivity index is 1.74. The highest BCUT2D eigenvalue weighted by atomic mass is 16.5. The quantitative estimate of drug-likeness (QED) is 0.406. The van der Waals surface area contributed by atoms with Crippen LogP contribution in [0, 0.1) is 13.8 Å². The van der Waals surface area contributed by atoms with Crippen LogP contribution in [0.15, 0.2) is 71.3 Å². The van der Waals surface area contributed by atoms with E-state index < -0.39 is 0 Å². The van der Waals surface area contributed by atoms with Gasteiger partial charge in [0.15, 0.2) is 0 Å². The van der Waals surface area contributed by atoms with E-state index in [9.17, 15) is 9.59 Å². The third kappa shape index (κ3) is 7.49. The van der Waals surface area contributed by atoms with Crippen LogP contribution in [0.1, 0.15) is 28.9 Å². The van der Waals surface area contributed by atoms with Gasteiger partial charge in [0, 0.05) is 32.5 Å². The van der Waals surface area contributed by atoms with Crippen molar-refractivity contribution in [2.45, 2.75) is 33.4 Å². The van der Waals surface area contributed by atoms with E-state index in [2.05, 4.69) is 5.32 Å². The minimum Gasteiger partial charge on any atom is -0.467 e. The maximum absolute atomic E-state index is 13.4. The third-order valence-electron chi connectivity index (χ3n) is 5.64. The maximum Gasteiger partial charge on any atom is 0.322 e. The summed E-state index contributed by atoms with van der Waals surface area (Å²) in [6.07, 6.45) is 2.22. The summed E-state index contributed by atoms with van der Waals surface area (Å²) in [5.74, 6) is 0.530. The van der Waals surface area contributed by atoms with Crippen LogP contribution in [0.25, 0.3) is 0 Å². The molecule has 180 valence electrons. The second-order valence-corrected chi connectivity index (χ2v) is 8.31. The van der Waals surface area contributed by atoms with Gasteiger partial charge in [-0.15, -0.1) is 0 Å². The second kappa shape index (κ2) is 12.6. The Kier molecular flexibility index (Phi) is 9.29. The van der Waals surface area contributed by atoms with Crippen molar-refractivity contribution in [2.75, 3.05) is 32.1 Å². The van der Waals surface area contributed by atoms with Crippen LogP contribution < -0.4 is 5.32 Å². The van der Waals surface area contributed by atoms with Gasteiger partial charge in [-0.25, -0.2) is 4.79 Å². The number of hydrogen-bond donors (Lipinski definition) is 1. The lowest BCUT2D eigenvalue weighted by molar-refractivity contribution is -0.133. The van der Waals surface area contributed by atoms with E-state index >= 15 is 0 Å². The molecule has 1 heterocycles. The van der Waals surface area contributed by atoms with Crippen LogP contribution in [0.4, 0.5) is 10.5 Å². The zero-order chi connectivity index (χ0) is 24.3. The van der Waals surface area contributed by atoms with E-state index in [0.717, 1.165) is 16.7 Å². The zero-order valence-electron chi connectivity index (χ0n) is 20.1. The molecule has 2 aromatic carbocycles. The Morgan fingerprint density at radius 1 is 0.941 bits per heavy atom. The number of urea groups is 1. The average molecular weight is 464 g/mol. The predicted molar refractivity (Wildman–Crippen MR) is 132 cm³/mol. The summed E-state index contributed by atoms with van der Waals surface area (Å²) in [6, 6.07) is 18.9. The number of anilines is 1. The molecule has 0 atom stereocenters. The maximum atomic E-state index is 13.4. The summed E-state index contributed by atoms with van der Waals surface area (Å²) in [6.45, 7) is 5.63. The number of aryl methyl sites for hydroxylation is 2. The van der Waals surface area contributed by atoms with Gasteiger partial charge in [0.2, 0.25) is 5.91 Å². The minimum absolute atomic E-state index is 0.0477. The van der Waals surface area contributed by atoms with Crippen LogP contribution in [-0.4, -0.2) is 48.5 Å². The number of hydrogen-bond acceptors (Lipinski definition) is 4. The molecule has 0 unspecified atom stereocenters. The van der Waals surface area contributed by atoms with Gasteiger partial charge in [-0.3, -0.25) is 4.79 Å². The second-order valence-electron chi connectivity index (χ2n) is 8.31. The van der Waals surface area contributed by atoms with Crippen LogP contribution >= 0.6 is 0 Å². The van der Waals surface area contributed by atoms with Gasteiger partial charge in [0.1, 0.15) is 12.3 Å². The summed E-state index contributed by atoms with van der Waals surface area (Å²) >= 11 is 0. The number of benzene rings is 2. The first-order valence-corrected chi connectivity index (χ1v) is 11.4. The van der Waals surface area contributed by atoms with Gasteiger partial charge in [-0.2, -0.15) is 0 Å². The predicted octanol–water partition coefficient (Wildman–Crippen LogP) is 5.00. The van der Waals surface area contributed by atoms with Crippen molar-refractivity contribution in [3.8, 4) is 0 Å². The van der Waals surface area contributed by atoms with Crippen LogP contribution in [0.2, 0.25) is 0 Å². The Labute approximate surface area is 201 Å². The fraction of sp³-hybridized carbons (Fsp3) is 0.333. The third-order valence-corrected chi connectivity index (χ3v) is 5.64. The van der Waals surface area contributed by atoms with Crippen LogP contribution in [0.3, 0.4) is 0 Å². The van der Waals surface area contributed by atoms with E-state index in [0.29, 0.717) is 44.1 Å². The normalized spacial score (nSPS) is 10.7. The highest BCUT2D eigenvalue weighted by molar-refractivity contribution is 5.92. The summed E-state index contributed by atoms with van der Waals surface area (Å²) < 4.78 is 10.6. The van der Waals surface area contributed by atoms with Gasteiger partial charge in [0.25, 0.3) is 0 Å². The number of carbonyl (C=O) groups excluding carboxylic acids is 2. The van der Waals surface area contributed by atoms with Crippen LogP contribution in [-0.2, 0) is 22.6 Å². The lowest BCUT2D eigenvalue weighted by Gasteiger charge is -2.27. The number of nitrogens with zero attached hydrogens (tertiary/aromatic N) is 2. The van der Waals surface area contributed by atoms with E-state index in [-0.39, 0.29) is 18.5 Å². The summed E-state index contributed by atoms with van der Waals surface area (Å²) in [5, 5.41) is 2.93. The Morgan fingerprint density at radius 3 is 2.41 bits per heavy atom. The molecular weight excluding hydrogens is 430 g/mol. The largest absolute Gasteiger partial charge is 0.467 e. The number of ether oxygens (including phenoxy) is 1. The molecule has 7 heteroatoms. The highest BCUT2D eigenvalue weighted by Gasteiger charge is 2.22. The van der Waals surface area contributed by atoms with Crippen molar-refractivity contribution in [3.63, 3.8) is 0 Å². The molecule has 0 spiro atoms. The number of rotatable bonds is 11. The zero-order valence-corrected chi connectivity index (χ0v) is 20.1. The molecule has 34 heavy (non-hydrogen) atoms. The van der Waals surface area contributed by atoms with Gasteiger partial charge >= 0.3 is 6.03 Å². The molecule has 0 fully saturated rings. The molecule has 7 nitrogen and oxygen atoms in total. The molecule has 0 bridgehead atoms. The number of carbonyl (C=O) groups is 2. The van der Waals surface area contributed by atoms with Gasteiger partial charge < -0.3 is 24.3 Å². The van der Waals surface area contributed by atoms with Gasteiger partial charge in [-0.05, 0) is 61.2 Å². The molecule has 0 aliphatic heterocycles. The molecule has 3 rings (SSSR count). The van der Waals surface area contributed by atoms with Crippen molar-refractivity contribution >= 4 is 17.6 Å². The molecule has 0 saturated heterocycles. The van der Waals surface area contributed by atoms with Crippen LogP contribution in [0.5, 0.6) is 0 Å². The lowest BCUT2D eigenvalue weighted by atomic mass is 10.1. The molecule has 3 aromatic rings. The topological polar surface area (TPSA) is 75.0 Å². The van der Waals surface area contributed by atoms with E-state index in [1.54, 1.807) is 24.3 Å². The molecule has 1 N–H and O–H groups in total. The van der Waals surface area contributed by atoms with Gasteiger partial charge in [-0.1, -0.05) is 36.4 Å². The SMILES string of the molecule is COCCCN(CC(=O)N(Cc1ccccc1)Cc1ccco1)C(=O)Nc1ccc(C)c(C)c1. The molecule has 1 aromatic heterocycles. The first-order chi connectivity index (χ1) is 16.5. The van der Waals surface area contributed by atoms with Gasteiger partial charge in [0.05, 0.1) is 12.8 Å². The summed E-state index contributed by atoms with van der Waals surface area (Å²) in [4.78, 5) is 29.8. The fourth-order valence-electron chi connectivity index (χ4n) is 3.56. The Morgan fingerprint density at radius 2 is 1.74 bits per heavy atom. The molecule has 0 aliphatic carbocycles. The van der Waals surface area contributed by atoms with E-state index in [1.165, 1.54) is 4.90 Å². The standard InChI is InChI=1S/C27H33N3O4/c1-21-12-13-24(17-22(21)2)28-27(32)29(14-8-15-33-3)20-26(31)30(19-25-11-7-16-34-25)18-23-9-5-4-6-10-23/h4-7,9-13,16-17H,8,14-15,18-20H2,1-3H3,(H,28,32). The molecule has 0 radical (unpaired) electrons. The number of nitrogens with one attached hydrogen (secondary N) is 1. The fourth-order valence-corrected chi connectivity index (χ4v) is 3.56. The molecule has 0 saturated carbocycles. The van der Waals surface area contributed by atoms with Crippen molar-refractivity contribution in [1.29, 1.82) is 0 Å². The van der Waals surface area contributed by atoms with Crippen molar-refractivity contribution < 1.29 is 18.7 Å². The van der Waals surface area contributed by atoms with E-state index in [1.807, 2.05) is 68.4 Å². The number of amides is 3. The molecular formula is C27H33N3O4. The molecule has 3 amide bonds. The van der Waals surface area contributed by atoms with Crippen molar-refractivity contribution in [2.24, 2.45) is 0 Å². The highest BCUT2D eigenvalue weighted by Crippen LogP contribution is 2.16.